The second-order valence-electron chi connectivity index (χ2n) is 11.5. The average molecular weight is 488 g/mol. The number of carbonyl (C=O) groups excluding carboxylic acids is 2. The Labute approximate surface area is 216 Å². The van der Waals surface area contributed by atoms with Gasteiger partial charge in [0.1, 0.15) is 0 Å². The van der Waals surface area contributed by atoms with Gasteiger partial charge in [-0.1, -0.05) is 61.4 Å². The molecule has 2 amide bonds. The molecule has 3 aliphatic rings. The van der Waals surface area contributed by atoms with E-state index in [1.165, 1.54) is 18.4 Å². The molecule has 2 heterocycles. The number of carbonyl (C=O) groups is 2. The smallest absolute Gasteiger partial charge is 0.254 e. The van der Waals surface area contributed by atoms with Gasteiger partial charge in [0.05, 0.1) is 6.04 Å². The summed E-state index contributed by atoms with van der Waals surface area (Å²) in [5.41, 5.74) is 4.21. The number of nitrogens with zero attached hydrogens (tertiary/aromatic N) is 2. The van der Waals surface area contributed by atoms with E-state index < -0.39 is 0 Å². The van der Waals surface area contributed by atoms with Crippen LogP contribution in [0.3, 0.4) is 0 Å². The molecule has 3 fully saturated rings. The van der Waals surface area contributed by atoms with Gasteiger partial charge < -0.3 is 10.2 Å². The summed E-state index contributed by atoms with van der Waals surface area (Å²) in [5, 5.41) is 3.41. The molecule has 2 aliphatic heterocycles. The van der Waals surface area contributed by atoms with E-state index in [0.717, 1.165) is 62.1 Å². The Balaban J connectivity index is 1.20. The van der Waals surface area contributed by atoms with Gasteiger partial charge in [0.2, 0.25) is 5.91 Å². The predicted octanol–water partition coefficient (Wildman–Crippen LogP) is 5.13. The van der Waals surface area contributed by atoms with Gasteiger partial charge in [-0.05, 0) is 68.6 Å². The van der Waals surface area contributed by atoms with Crippen molar-refractivity contribution in [3.05, 3.63) is 70.8 Å². The van der Waals surface area contributed by atoms with Gasteiger partial charge in [-0.25, -0.2) is 0 Å². The van der Waals surface area contributed by atoms with Crippen LogP contribution in [0.1, 0.15) is 72.1 Å². The second-order valence-corrected chi connectivity index (χ2v) is 11.5. The summed E-state index contributed by atoms with van der Waals surface area (Å²) in [6.07, 6.45) is 5.30. The second kappa shape index (κ2) is 10.8. The lowest BCUT2D eigenvalue weighted by Crippen LogP contribution is -2.40. The van der Waals surface area contributed by atoms with E-state index in [4.69, 9.17) is 0 Å². The Morgan fingerprint density at radius 1 is 0.889 bits per heavy atom. The summed E-state index contributed by atoms with van der Waals surface area (Å²) in [4.78, 5) is 31.0. The van der Waals surface area contributed by atoms with Crippen LogP contribution in [0.2, 0.25) is 0 Å². The van der Waals surface area contributed by atoms with Crippen LogP contribution in [0, 0.1) is 31.6 Å². The largest absolute Gasteiger partial charge is 0.349 e. The van der Waals surface area contributed by atoms with Gasteiger partial charge in [0.25, 0.3) is 5.91 Å². The van der Waals surface area contributed by atoms with Gasteiger partial charge in [-0.15, -0.1) is 0 Å². The van der Waals surface area contributed by atoms with E-state index in [1.54, 1.807) is 0 Å². The minimum absolute atomic E-state index is 0.0387. The van der Waals surface area contributed by atoms with Crippen LogP contribution >= 0.6 is 0 Å². The Kier molecular flexibility index (Phi) is 7.47. The summed E-state index contributed by atoms with van der Waals surface area (Å²) in [6, 6.07) is 17.0. The number of hydrogen-bond acceptors (Lipinski definition) is 3. The third-order valence-corrected chi connectivity index (χ3v) is 8.94. The van der Waals surface area contributed by atoms with Gasteiger partial charge in [0, 0.05) is 43.7 Å². The Hall–Kier alpha value is -2.66. The van der Waals surface area contributed by atoms with E-state index in [9.17, 15) is 9.59 Å². The van der Waals surface area contributed by atoms with Crippen molar-refractivity contribution in [1.82, 2.24) is 15.1 Å². The lowest BCUT2D eigenvalue weighted by Gasteiger charge is -2.31. The fourth-order valence-corrected chi connectivity index (χ4v) is 6.80. The SMILES string of the molecule is Cc1cccc(C)c1C(=O)N1CC2CN([C@@H](C)CC(NC(=O)C3CCCC3)c3ccccc3)CC2C1. The molecule has 192 valence electrons. The molecule has 5 heteroatoms. The molecule has 3 unspecified atom stereocenters. The zero-order valence-electron chi connectivity index (χ0n) is 22.1. The van der Waals surface area contributed by atoms with E-state index in [0.29, 0.717) is 17.9 Å². The van der Waals surface area contributed by atoms with E-state index in [-0.39, 0.29) is 23.8 Å². The first-order valence-corrected chi connectivity index (χ1v) is 13.9. The zero-order valence-corrected chi connectivity index (χ0v) is 22.1. The number of fused-ring (bicyclic) bond motifs is 1. The Bertz CT molecular complexity index is 1040. The molecule has 1 N–H and O–H groups in total. The lowest BCUT2D eigenvalue weighted by atomic mass is 9.97. The molecule has 1 saturated carbocycles. The highest BCUT2D eigenvalue weighted by Gasteiger charge is 2.43. The average Bonchev–Trinajstić information content (AvgIpc) is 3.61. The molecule has 4 atom stereocenters. The highest BCUT2D eigenvalue weighted by Crippen LogP contribution is 2.35. The summed E-state index contributed by atoms with van der Waals surface area (Å²) in [5.74, 6) is 1.66. The number of aryl methyl sites for hydroxylation is 2. The van der Waals surface area contributed by atoms with Crippen molar-refractivity contribution < 1.29 is 9.59 Å². The van der Waals surface area contributed by atoms with Crippen LogP contribution < -0.4 is 5.32 Å². The van der Waals surface area contributed by atoms with Gasteiger partial charge >= 0.3 is 0 Å². The third kappa shape index (κ3) is 5.22. The molecule has 36 heavy (non-hydrogen) atoms. The number of hydrogen-bond donors (Lipinski definition) is 1. The molecular formula is C31H41N3O2. The van der Waals surface area contributed by atoms with Crippen molar-refractivity contribution in [2.24, 2.45) is 17.8 Å². The van der Waals surface area contributed by atoms with E-state index >= 15 is 0 Å². The summed E-state index contributed by atoms with van der Waals surface area (Å²) in [6.45, 7) is 10.1. The van der Waals surface area contributed by atoms with Crippen LogP contribution in [0.5, 0.6) is 0 Å². The predicted molar refractivity (Wildman–Crippen MR) is 144 cm³/mol. The lowest BCUT2D eigenvalue weighted by molar-refractivity contribution is -0.125. The molecule has 0 spiro atoms. The monoisotopic (exact) mass is 487 g/mol. The quantitative estimate of drug-likeness (QED) is 0.589. The van der Waals surface area contributed by atoms with Gasteiger partial charge in [0.15, 0.2) is 0 Å². The molecule has 5 rings (SSSR count). The summed E-state index contributed by atoms with van der Waals surface area (Å²) < 4.78 is 0. The molecule has 0 bridgehead atoms. The number of rotatable bonds is 7. The Morgan fingerprint density at radius 3 is 2.11 bits per heavy atom. The molecule has 0 aromatic heterocycles. The maximum atomic E-state index is 13.3. The van der Waals surface area contributed by atoms with Crippen molar-refractivity contribution in [3.8, 4) is 0 Å². The minimum atomic E-state index is 0.0387. The number of likely N-dealkylation sites (tertiary alicyclic amines) is 2. The third-order valence-electron chi connectivity index (χ3n) is 8.94. The zero-order chi connectivity index (χ0) is 25.2. The molecule has 0 radical (unpaired) electrons. The normalized spacial score (nSPS) is 24.0. The van der Waals surface area contributed by atoms with Crippen molar-refractivity contribution in [3.63, 3.8) is 0 Å². The summed E-state index contributed by atoms with van der Waals surface area (Å²) >= 11 is 0. The fourth-order valence-electron chi connectivity index (χ4n) is 6.80. The van der Waals surface area contributed by atoms with Gasteiger partial charge in [-0.2, -0.15) is 0 Å². The first-order valence-electron chi connectivity index (χ1n) is 13.9. The highest BCUT2D eigenvalue weighted by atomic mass is 16.2. The molecule has 2 aromatic rings. The number of amides is 2. The van der Waals surface area contributed by atoms with Crippen LogP contribution in [-0.4, -0.2) is 53.8 Å². The van der Waals surface area contributed by atoms with E-state index in [1.807, 2.05) is 38.1 Å². The van der Waals surface area contributed by atoms with Crippen LogP contribution in [0.25, 0.3) is 0 Å². The molecule has 5 nitrogen and oxygen atoms in total. The molecule has 1 aliphatic carbocycles. The highest BCUT2D eigenvalue weighted by molar-refractivity contribution is 5.97. The van der Waals surface area contributed by atoms with Crippen molar-refractivity contribution in [2.45, 2.75) is 65.0 Å². The van der Waals surface area contributed by atoms with Crippen molar-refractivity contribution in [1.29, 1.82) is 0 Å². The van der Waals surface area contributed by atoms with Crippen molar-refractivity contribution in [2.75, 3.05) is 26.2 Å². The van der Waals surface area contributed by atoms with Crippen LogP contribution in [0.15, 0.2) is 48.5 Å². The Morgan fingerprint density at radius 2 is 1.50 bits per heavy atom. The summed E-state index contributed by atoms with van der Waals surface area (Å²) in [7, 11) is 0. The molecule has 2 saturated heterocycles. The maximum absolute atomic E-state index is 13.3. The molecule has 2 aromatic carbocycles. The minimum Gasteiger partial charge on any atom is -0.349 e. The van der Waals surface area contributed by atoms with Crippen LogP contribution in [-0.2, 0) is 4.79 Å². The number of benzene rings is 2. The van der Waals surface area contributed by atoms with Crippen LogP contribution in [0.4, 0.5) is 0 Å². The standard InChI is InChI=1S/C31H41N3O2/c1-21-10-9-11-22(2)29(21)31(36)34-19-26-17-33(18-27(26)20-34)23(3)16-28(24-12-5-4-6-13-24)32-30(35)25-14-7-8-15-25/h4-6,9-13,23,25-28H,7-8,14-20H2,1-3H3,(H,32,35)/t23-,26?,27?,28?/m0/s1. The topological polar surface area (TPSA) is 52.7 Å². The first kappa shape index (κ1) is 25.0. The first-order chi connectivity index (χ1) is 17.4. The number of nitrogens with one attached hydrogen (secondary N) is 1. The van der Waals surface area contributed by atoms with Crippen molar-refractivity contribution >= 4 is 11.8 Å². The fraction of sp³-hybridized carbons (Fsp3) is 0.548. The van der Waals surface area contributed by atoms with Gasteiger partial charge in [-0.3, -0.25) is 14.5 Å². The maximum Gasteiger partial charge on any atom is 0.254 e. The van der Waals surface area contributed by atoms with E-state index in [2.05, 4.69) is 46.3 Å². The molecular weight excluding hydrogens is 446 g/mol.